The van der Waals surface area contributed by atoms with Crippen molar-refractivity contribution in [3.63, 3.8) is 0 Å². The molecule has 1 heteroatoms. The second-order valence-electron chi connectivity index (χ2n) is 7.22. The van der Waals surface area contributed by atoms with Crippen LogP contribution in [0.1, 0.15) is 63.0 Å². The number of hydrogen-bond donors (Lipinski definition) is 1. The van der Waals surface area contributed by atoms with Crippen LogP contribution in [0.25, 0.3) is 0 Å². The first kappa shape index (κ1) is 15.1. The highest BCUT2D eigenvalue weighted by Crippen LogP contribution is 2.34. The van der Waals surface area contributed by atoms with Crippen molar-refractivity contribution >= 4 is 0 Å². The molecule has 0 bridgehead atoms. The lowest BCUT2D eigenvalue weighted by Crippen LogP contribution is -2.40. The van der Waals surface area contributed by atoms with E-state index in [-0.39, 0.29) is 0 Å². The number of benzene rings is 1. The molecule has 21 heavy (non-hydrogen) atoms. The number of rotatable bonds is 6. The predicted octanol–water partition coefficient (Wildman–Crippen LogP) is 4.74. The number of hydrogen-bond acceptors (Lipinski definition) is 1. The van der Waals surface area contributed by atoms with Crippen molar-refractivity contribution in [3.05, 3.63) is 35.4 Å². The van der Waals surface area contributed by atoms with Crippen LogP contribution in [-0.2, 0) is 12.8 Å². The van der Waals surface area contributed by atoms with Gasteiger partial charge in [-0.15, -0.1) is 0 Å². The molecule has 0 aliphatic heterocycles. The summed E-state index contributed by atoms with van der Waals surface area (Å²) in [6, 6.07) is 9.85. The lowest BCUT2D eigenvalue weighted by molar-refractivity contribution is 0.270. The van der Waals surface area contributed by atoms with Crippen molar-refractivity contribution in [3.8, 4) is 0 Å². The topological polar surface area (TPSA) is 12.0 Å². The van der Waals surface area contributed by atoms with Crippen molar-refractivity contribution in [1.82, 2.24) is 5.32 Å². The predicted molar refractivity (Wildman–Crippen MR) is 90.6 cm³/mol. The van der Waals surface area contributed by atoms with Crippen molar-refractivity contribution < 1.29 is 0 Å². The van der Waals surface area contributed by atoms with Gasteiger partial charge in [-0.3, -0.25) is 0 Å². The highest BCUT2D eigenvalue weighted by Gasteiger charge is 2.28. The number of nitrogens with one attached hydrogen (secondary N) is 1. The Balaban J connectivity index is 1.65. The Morgan fingerprint density at radius 1 is 1.10 bits per heavy atom. The Morgan fingerprint density at radius 3 is 2.62 bits per heavy atom. The highest BCUT2D eigenvalue weighted by molar-refractivity contribution is 5.30. The average molecular weight is 285 g/mol. The van der Waals surface area contributed by atoms with Gasteiger partial charge in [0.2, 0.25) is 0 Å². The number of fused-ring (bicyclic) bond motifs is 1. The maximum absolute atomic E-state index is 3.90. The van der Waals surface area contributed by atoms with Crippen LogP contribution < -0.4 is 5.32 Å². The molecule has 3 rings (SSSR count). The van der Waals surface area contributed by atoms with E-state index in [0.29, 0.717) is 0 Å². The second kappa shape index (κ2) is 7.45. The molecule has 2 unspecified atom stereocenters. The van der Waals surface area contributed by atoms with Gasteiger partial charge in [0.05, 0.1) is 0 Å². The van der Waals surface area contributed by atoms with Crippen LogP contribution in [0.3, 0.4) is 0 Å². The maximum atomic E-state index is 3.90. The van der Waals surface area contributed by atoms with E-state index in [1.165, 1.54) is 64.3 Å². The average Bonchev–Trinajstić information content (AvgIpc) is 3.04. The summed E-state index contributed by atoms with van der Waals surface area (Å²) in [5.74, 6) is 1.85. The third-order valence-corrected chi connectivity index (χ3v) is 5.67. The van der Waals surface area contributed by atoms with Gasteiger partial charge >= 0.3 is 0 Å². The Labute approximate surface area is 130 Å². The molecule has 0 aromatic heterocycles. The van der Waals surface area contributed by atoms with E-state index < -0.39 is 0 Å². The van der Waals surface area contributed by atoms with Crippen LogP contribution in [0.4, 0.5) is 0 Å². The van der Waals surface area contributed by atoms with Crippen LogP contribution in [0, 0.1) is 11.8 Å². The summed E-state index contributed by atoms with van der Waals surface area (Å²) in [5, 5.41) is 3.90. The zero-order valence-corrected chi connectivity index (χ0v) is 13.6. The standard InChI is InChI=1S/C20H31N/c1-2-13-21-20(14-16-7-3-4-8-16)19-12-11-17-9-5-6-10-18(17)15-19/h5-6,9-10,16,19-21H,2-4,7-8,11-15H2,1H3. The summed E-state index contributed by atoms with van der Waals surface area (Å²) >= 11 is 0. The minimum atomic E-state index is 0.751. The summed E-state index contributed by atoms with van der Waals surface area (Å²) in [5.41, 5.74) is 3.22. The molecular weight excluding hydrogens is 254 g/mol. The monoisotopic (exact) mass is 285 g/mol. The minimum absolute atomic E-state index is 0.751. The number of aryl methyl sites for hydroxylation is 1. The van der Waals surface area contributed by atoms with Gasteiger partial charge in [-0.1, -0.05) is 56.9 Å². The molecule has 0 radical (unpaired) electrons. The van der Waals surface area contributed by atoms with Gasteiger partial charge in [-0.25, -0.2) is 0 Å². The maximum Gasteiger partial charge on any atom is 0.0101 e. The van der Waals surface area contributed by atoms with Gasteiger partial charge in [0, 0.05) is 6.04 Å². The Bertz CT molecular complexity index is 433. The molecule has 0 heterocycles. The molecule has 0 amide bonds. The molecule has 2 aliphatic rings. The normalized spacial score (nSPS) is 24.0. The molecule has 2 aliphatic carbocycles. The molecule has 0 saturated heterocycles. The van der Waals surface area contributed by atoms with Crippen molar-refractivity contribution in [2.75, 3.05) is 6.54 Å². The molecule has 1 saturated carbocycles. The van der Waals surface area contributed by atoms with Gasteiger partial charge in [-0.2, -0.15) is 0 Å². The summed E-state index contributed by atoms with van der Waals surface area (Å²) in [4.78, 5) is 0. The fourth-order valence-electron chi connectivity index (χ4n) is 4.45. The van der Waals surface area contributed by atoms with Crippen LogP contribution >= 0.6 is 0 Å². The van der Waals surface area contributed by atoms with Crippen LogP contribution in [0.5, 0.6) is 0 Å². The largest absolute Gasteiger partial charge is 0.314 e. The summed E-state index contributed by atoms with van der Waals surface area (Å²) in [6.45, 7) is 3.48. The molecule has 0 spiro atoms. The smallest absolute Gasteiger partial charge is 0.0101 e. The molecule has 1 nitrogen and oxygen atoms in total. The van der Waals surface area contributed by atoms with E-state index in [9.17, 15) is 0 Å². The zero-order valence-electron chi connectivity index (χ0n) is 13.6. The van der Waals surface area contributed by atoms with Gasteiger partial charge in [-0.05, 0) is 61.6 Å². The van der Waals surface area contributed by atoms with Gasteiger partial charge < -0.3 is 5.32 Å². The Hall–Kier alpha value is -0.820. The first-order valence-corrected chi connectivity index (χ1v) is 9.17. The van der Waals surface area contributed by atoms with Gasteiger partial charge in [0.1, 0.15) is 0 Å². The van der Waals surface area contributed by atoms with Crippen LogP contribution in [-0.4, -0.2) is 12.6 Å². The first-order chi connectivity index (χ1) is 10.4. The Kier molecular flexibility index (Phi) is 5.35. The lowest BCUT2D eigenvalue weighted by Gasteiger charge is -2.34. The van der Waals surface area contributed by atoms with Crippen molar-refractivity contribution in [2.24, 2.45) is 11.8 Å². The second-order valence-corrected chi connectivity index (χ2v) is 7.22. The fraction of sp³-hybridized carbons (Fsp3) is 0.700. The molecule has 1 aromatic carbocycles. The van der Waals surface area contributed by atoms with E-state index in [1.807, 2.05) is 0 Å². The molecule has 1 aromatic rings. The summed E-state index contributed by atoms with van der Waals surface area (Å²) in [7, 11) is 0. The molecular formula is C20H31N. The minimum Gasteiger partial charge on any atom is -0.314 e. The molecule has 1 N–H and O–H groups in total. The third kappa shape index (κ3) is 3.88. The zero-order chi connectivity index (χ0) is 14.5. The van der Waals surface area contributed by atoms with Crippen molar-refractivity contribution in [1.29, 1.82) is 0 Å². The SMILES string of the molecule is CCCNC(CC1CCCC1)C1CCc2ccccc2C1. The lowest BCUT2D eigenvalue weighted by atomic mass is 9.77. The highest BCUT2D eigenvalue weighted by atomic mass is 14.9. The summed E-state index contributed by atoms with van der Waals surface area (Å²) in [6.07, 6.45) is 12.5. The molecule has 1 fully saturated rings. The van der Waals surface area contributed by atoms with Gasteiger partial charge in [0.15, 0.2) is 0 Å². The Morgan fingerprint density at radius 2 is 1.86 bits per heavy atom. The van der Waals surface area contributed by atoms with E-state index in [0.717, 1.165) is 17.9 Å². The summed E-state index contributed by atoms with van der Waals surface area (Å²) < 4.78 is 0. The quantitative estimate of drug-likeness (QED) is 0.796. The van der Waals surface area contributed by atoms with E-state index >= 15 is 0 Å². The van der Waals surface area contributed by atoms with E-state index in [4.69, 9.17) is 0 Å². The first-order valence-electron chi connectivity index (χ1n) is 9.17. The third-order valence-electron chi connectivity index (χ3n) is 5.67. The van der Waals surface area contributed by atoms with Crippen LogP contribution in [0.2, 0.25) is 0 Å². The van der Waals surface area contributed by atoms with E-state index in [1.54, 1.807) is 11.1 Å². The molecule has 116 valence electrons. The van der Waals surface area contributed by atoms with Crippen LogP contribution in [0.15, 0.2) is 24.3 Å². The van der Waals surface area contributed by atoms with Crippen molar-refractivity contribution in [2.45, 2.75) is 70.8 Å². The van der Waals surface area contributed by atoms with Gasteiger partial charge in [0.25, 0.3) is 0 Å². The molecule has 2 atom stereocenters. The fourth-order valence-corrected chi connectivity index (χ4v) is 4.45. The van der Waals surface area contributed by atoms with E-state index in [2.05, 4.69) is 36.5 Å².